The van der Waals surface area contributed by atoms with E-state index in [0.29, 0.717) is 5.56 Å². The molecule has 18 heavy (non-hydrogen) atoms. The van der Waals surface area contributed by atoms with Crippen LogP contribution in [-0.2, 0) is 7.05 Å². The number of aryl methyl sites for hydroxylation is 1. The van der Waals surface area contributed by atoms with Gasteiger partial charge < -0.3 is 14.3 Å². The van der Waals surface area contributed by atoms with Crippen molar-refractivity contribution in [1.82, 2.24) is 14.9 Å². The third-order valence-electron chi connectivity index (χ3n) is 2.84. The number of imidazole rings is 1. The van der Waals surface area contributed by atoms with E-state index in [2.05, 4.69) is 17.2 Å². The Labute approximate surface area is 106 Å². The van der Waals surface area contributed by atoms with Gasteiger partial charge >= 0.3 is 0 Å². The first-order valence-electron chi connectivity index (χ1n) is 6.02. The van der Waals surface area contributed by atoms with Crippen molar-refractivity contribution in [3.63, 3.8) is 0 Å². The molecule has 0 unspecified atom stereocenters. The molecule has 0 aliphatic heterocycles. The van der Waals surface area contributed by atoms with Crippen LogP contribution in [0.2, 0.25) is 0 Å². The van der Waals surface area contributed by atoms with E-state index in [4.69, 9.17) is 4.42 Å². The monoisotopic (exact) mass is 247 g/mol. The van der Waals surface area contributed by atoms with Crippen LogP contribution in [0.25, 0.3) is 0 Å². The summed E-state index contributed by atoms with van der Waals surface area (Å²) in [6, 6.07) is 1.58. The molecule has 0 radical (unpaired) electrons. The van der Waals surface area contributed by atoms with Crippen LogP contribution in [0.1, 0.15) is 42.0 Å². The van der Waals surface area contributed by atoms with Crippen molar-refractivity contribution in [2.75, 3.05) is 0 Å². The Kier molecular flexibility index (Phi) is 3.82. The van der Waals surface area contributed by atoms with Crippen molar-refractivity contribution in [3.8, 4) is 0 Å². The molecule has 0 aliphatic rings. The second-order valence-corrected chi connectivity index (χ2v) is 4.22. The van der Waals surface area contributed by atoms with Gasteiger partial charge in [0.2, 0.25) is 0 Å². The van der Waals surface area contributed by atoms with Gasteiger partial charge in [-0.15, -0.1) is 0 Å². The van der Waals surface area contributed by atoms with Gasteiger partial charge in [0.15, 0.2) is 0 Å². The summed E-state index contributed by atoms with van der Waals surface area (Å²) in [5.74, 6) is 0.735. The summed E-state index contributed by atoms with van der Waals surface area (Å²) < 4.78 is 6.84. The summed E-state index contributed by atoms with van der Waals surface area (Å²) in [6.07, 6.45) is 8.38. The molecule has 1 atom stereocenters. The molecule has 0 fully saturated rings. The molecule has 0 saturated heterocycles. The summed E-state index contributed by atoms with van der Waals surface area (Å²) in [5.41, 5.74) is 0.533. The van der Waals surface area contributed by atoms with Gasteiger partial charge in [-0.25, -0.2) is 4.98 Å². The maximum Gasteiger partial charge on any atom is 0.255 e. The Morgan fingerprint density at radius 2 is 2.44 bits per heavy atom. The minimum Gasteiger partial charge on any atom is -0.472 e. The molecule has 0 aliphatic carbocycles. The van der Waals surface area contributed by atoms with E-state index in [9.17, 15) is 4.79 Å². The number of hydrogen-bond donors (Lipinski definition) is 1. The highest BCUT2D eigenvalue weighted by Crippen LogP contribution is 2.17. The number of nitrogens with one attached hydrogen (secondary N) is 1. The molecule has 0 bridgehead atoms. The van der Waals surface area contributed by atoms with Gasteiger partial charge in [-0.2, -0.15) is 0 Å². The summed E-state index contributed by atoms with van der Waals surface area (Å²) in [5, 5.41) is 2.98. The maximum absolute atomic E-state index is 12.0. The Morgan fingerprint density at radius 3 is 3.00 bits per heavy atom. The highest BCUT2D eigenvalue weighted by molar-refractivity contribution is 5.93. The number of rotatable bonds is 5. The maximum atomic E-state index is 12.0. The second kappa shape index (κ2) is 5.53. The van der Waals surface area contributed by atoms with Crippen LogP contribution in [-0.4, -0.2) is 15.5 Å². The third kappa shape index (κ3) is 2.61. The molecule has 96 valence electrons. The lowest BCUT2D eigenvalue weighted by molar-refractivity contribution is 0.0931. The Morgan fingerprint density at radius 1 is 1.61 bits per heavy atom. The quantitative estimate of drug-likeness (QED) is 0.881. The fourth-order valence-corrected chi connectivity index (χ4v) is 1.90. The van der Waals surface area contributed by atoms with Crippen LogP contribution >= 0.6 is 0 Å². The Hall–Kier alpha value is -2.04. The van der Waals surface area contributed by atoms with E-state index in [1.54, 1.807) is 12.3 Å². The Balaban J connectivity index is 2.12. The summed E-state index contributed by atoms with van der Waals surface area (Å²) in [4.78, 5) is 16.3. The molecule has 0 saturated carbocycles. The van der Waals surface area contributed by atoms with Crippen LogP contribution in [0.15, 0.2) is 35.4 Å². The molecule has 5 nitrogen and oxygen atoms in total. The first-order valence-corrected chi connectivity index (χ1v) is 6.02. The number of carbonyl (C=O) groups is 1. The van der Waals surface area contributed by atoms with Crippen LogP contribution in [0, 0.1) is 0 Å². The summed E-state index contributed by atoms with van der Waals surface area (Å²) in [7, 11) is 1.93. The van der Waals surface area contributed by atoms with Gasteiger partial charge in [-0.1, -0.05) is 13.3 Å². The molecule has 2 rings (SSSR count). The average molecular weight is 247 g/mol. The van der Waals surface area contributed by atoms with Crippen LogP contribution in [0.4, 0.5) is 0 Å². The van der Waals surface area contributed by atoms with E-state index in [0.717, 1.165) is 18.7 Å². The van der Waals surface area contributed by atoms with Gasteiger partial charge in [-0.05, 0) is 12.5 Å². The highest BCUT2D eigenvalue weighted by atomic mass is 16.3. The number of amides is 1. The topological polar surface area (TPSA) is 60.1 Å². The van der Waals surface area contributed by atoms with Crippen LogP contribution in [0.5, 0.6) is 0 Å². The second-order valence-electron chi connectivity index (χ2n) is 4.22. The molecular weight excluding hydrogens is 230 g/mol. The van der Waals surface area contributed by atoms with Gasteiger partial charge in [0.05, 0.1) is 17.9 Å². The van der Waals surface area contributed by atoms with Crippen molar-refractivity contribution >= 4 is 5.91 Å². The summed E-state index contributed by atoms with van der Waals surface area (Å²) in [6.45, 7) is 2.08. The van der Waals surface area contributed by atoms with Crippen molar-refractivity contribution in [2.45, 2.75) is 25.8 Å². The highest BCUT2D eigenvalue weighted by Gasteiger charge is 2.18. The van der Waals surface area contributed by atoms with Crippen molar-refractivity contribution in [3.05, 3.63) is 42.4 Å². The van der Waals surface area contributed by atoms with E-state index in [1.807, 2.05) is 17.8 Å². The van der Waals surface area contributed by atoms with Crippen molar-refractivity contribution in [1.29, 1.82) is 0 Å². The molecular formula is C13H17N3O2. The number of carbonyl (C=O) groups excluding carboxylic acids is 1. The minimum absolute atomic E-state index is 0.0719. The average Bonchev–Trinajstić information content (AvgIpc) is 2.99. The van der Waals surface area contributed by atoms with E-state index in [1.165, 1.54) is 12.5 Å². The zero-order valence-corrected chi connectivity index (χ0v) is 10.6. The van der Waals surface area contributed by atoms with Gasteiger partial charge in [0, 0.05) is 19.4 Å². The van der Waals surface area contributed by atoms with Gasteiger partial charge in [0.25, 0.3) is 5.91 Å². The SMILES string of the molecule is CCC[C@@H](NC(=O)c1ccoc1)c1nccn1C. The van der Waals surface area contributed by atoms with Gasteiger partial charge in [0.1, 0.15) is 12.1 Å². The number of nitrogens with zero attached hydrogens (tertiary/aromatic N) is 2. The van der Waals surface area contributed by atoms with E-state index in [-0.39, 0.29) is 11.9 Å². The largest absolute Gasteiger partial charge is 0.472 e. The minimum atomic E-state index is -0.134. The normalized spacial score (nSPS) is 12.3. The standard InChI is InChI=1S/C13H17N3O2/c1-3-4-11(12-14-6-7-16(12)2)15-13(17)10-5-8-18-9-10/h5-9,11H,3-4H2,1-2H3,(H,15,17)/t11-/m1/s1. The predicted octanol–water partition coefficient (Wildman–Crippen LogP) is 2.28. The van der Waals surface area contributed by atoms with Crippen molar-refractivity contribution in [2.24, 2.45) is 7.05 Å². The van der Waals surface area contributed by atoms with Crippen molar-refractivity contribution < 1.29 is 9.21 Å². The lowest BCUT2D eigenvalue weighted by Crippen LogP contribution is -2.30. The zero-order valence-electron chi connectivity index (χ0n) is 10.6. The number of aromatic nitrogens is 2. The predicted molar refractivity (Wildman–Crippen MR) is 67.0 cm³/mol. The molecule has 2 aromatic rings. The smallest absolute Gasteiger partial charge is 0.255 e. The molecule has 0 aromatic carbocycles. The lowest BCUT2D eigenvalue weighted by Gasteiger charge is -2.17. The third-order valence-corrected chi connectivity index (χ3v) is 2.84. The molecule has 1 amide bonds. The first-order chi connectivity index (χ1) is 8.72. The fourth-order valence-electron chi connectivity index (χ4n) is 1.90. The zero-order chi connectivity index (χ0) is 13.0. The molecule has 2 aromatic heterocycles. The fraction of sp³-hybridized carbons (Fsp3) is 0.385. The van der Waals surface area contributed by atoms with Crippen LogP contribution in [0.3, 0.4) is 0 Å². The number of furan rings is 1. The molecule has 0 spiro atoms. The Bertz CT molecular complexity index is 502. The molecule has 1 N–H and O–H groups in total. The lowest BCUT2D eigenvalue weighted by atomic mass is 10.1. The van der Waals surface area contributed by atoms with Gasteiger partial charge in [-0.3, -0.25) is 4.79 Å². The number of hydrogen-bond acceptors (Lipinski definition) is 3. The van der Waals surface area contributed by atoms with E-state index >= 15 is 0 Å². The molecule has 2 heterocycles. The first kappa shape index (κ1) is 12.4. The van der Waals surface area contributed by atoms with E-state index < -0.39 is 0 Å². The molecule has 5 heteroatoms. The van der Waals surface area contributed by atoms with Crippen LogP contribution < -0.4 is 5.32 Å². The summed E-state index contributed by atoms with van der Waals surface area (Å²) >= 11 is 0.